The summed E-state index contributed by atoms with van der Waals surface area (Å²) in [6.07, 6.45) is 2.07. The molecule has 0 fully saturated rings. The molecule has 0 atom stereocenters. The molecular weight excluding hydrogens is 228 g/mol. The van der Waals surface area contributed by atoms with Crippen LogP contribution in [0.15, 0.2) is 12.3 Å². The Kier molecular flexibility index (Phi) is 4.61. The van der Waals surface area contributed by atoms with Gasteiger partial charge in [-0.25, -0.2) is 4.98 Å². The Bertz CT molecular complexity index is 451. The van der Waals surface area contributed by atoms with Crippen molar-refractivity contribution in [1.82, 2.24) is 4.98 Å². The molecule has 16 heavy (non-hydrogen) atoms. The Labute approximate surface area is 98.4 Å². The van der Waals surface area contributed by atoms with Crippen molar-refractivity contribution in [3.05, 3.63) is 27.9 Å². The van der Waals surface area contributed by atoms with Gasteiger partial charge in [0, 0.05) is 30.0 Å². The summed E-state index contributed by atoms with van der Waals surface area (Å²) < 4.78 is 4.77. The summed E-state index contributed by atoms with van der Waals surface area (Å²) in [5.41, 5.74) is 0.314. The molecule has 0 bridgehead atoms. The van der Waals surface area contributed by atoms with Gasteiger partial charge in [-0.2, -0.15) is 12.6 Å². The molecule has 0 saturated heterocycles. The van der Waals surface area contributed by atoms with Gasteiger partial charge in [-0.3, -0.25) is 10.1 Å². The molecule has 5 nitrogen and oxygen atoms in total. The number of pyridine rings is 1. The minimum absolute atomic E-state index is 0.00950. The second-order valence-corrected chi connectivity index (χ2v) is 3.23. The number of aromatic nitrogens is 1. The second-order valence-electron chi connectivity index (χ2n) is 2.78. The number of thiol groups is 1. The van der Waals surface area contributed by atoms with E-state index in [9.17, 15) is 10.1 Å². The Hall–Kier alpha value is -1.74. The molecule has 0 spiro atoms. The summed E-state index contributed by atoms with van der Waals surface area (Å²) >= 11 is 4.01. The highest BCUT2D eigenvalue weighted by Crippen LogP contribution is 2.23. The van der Waals surface area contributed by atoms with Gasteiger partial charge >= 0.3 is 5.69 Å². The van der Waals surface area contributed by atoms with E-state index in [1.54, 1.807) is 0 Å². The maximum absolute atomic E-state index is 10.7. The molecule has 1 rings (SSSR count). The topological polar surface area (TPSA) is 65.3 Å². The van der Waals surface area contributed by atoms with E-state index >= 15 is 0 Å². The number of hydrogen-bond acceptors (Lipinski definition) is 5. The Morgan fingerprint density at radius 1 is 1.69 bits per heavy atom. The third kappa shape index (κ3) is 3.14. The third-order valence-corrected chi connectivity index (χ3v) is 1.92. The van der Waals surface area contributed by atoms with E-state index in [1.807, 2.05) is 0 Å². The first-order chi connectivity index (χ1) is 7.69. The largest absolute Gasteiger partial charge is 0.476 e. The Morgan fingerprint density at radius 3 is 3.00 bits per heavy atom. The Balaban J connectivity index is 3.04. The fourth-order valence-electron chi connectivity index (χ4n) is 1.02. The van der Waals surface area contributed by atoms with Crippen LogP contribution in [0.2, 0.25) is 0 Å². The van der Waals surface area contributed by atoms with Crippen molar-refractivity contribution in [3.63, 3.8) is 0 Å². The molecule has 0 N–H and O–H groups in total. The van der Waals surface area contributed by atoms with Crippen molar-refractivity contribution in [2.45, 2.75) is 6.42 Å². The minimum atomic E-state index is -0.546. The van der Waals surface area contributed by atoms with E-state index in [0.29, 0.717) is 17.7 Å². The first-order valence-corrected chi connectivity index (χ1v) is 5.10. The van der Waals surface area contributed by atoms with E-state index in [-0.39, 0.29) is 11.6 Å². The molecule has 6 heteroatoms. The van der Waals surface area contributed by atoms with Gasteiger partial charge in [0.25, 0.3) is 5.88 Å². The molecule has 0 aromatic carbocycles. The van der Waals surface area contributed by atoms with Gasteiger partial charge in [0.05, 0.1) is 12.0 Å². The average molecular weight is 238 g/mol. The van der Waals surface area contributed by atoms with Crippen LogP contribution in [0.3, 0.4) is 0 Å². The third-order valence-electron chi connectivity index (χ3n) is 1.69. The maximum Gasteiger partial charge on any atom is 0.332 e. The van der Waals surface area contributed by atoms with Crippen molar-refractivity contribution >= 4 is 18.3 Å². The van der Waals surface area contributed by atoms with Gasteiger partial charge in [-0.1, -0.05) is 11.8 Å². The first-order valence-electron chi connectivity index (χ1n) is 4.47. The number of nitrogens with zero attached hydrogens (tertiary/aromatic N) is 2. The van der Waals surface area contributed by atoms with Gasteiger partial charge in [0.15, 0.2) is 0 Å². The SMILES string of the molecule is COc1ncc(C#CCCS)cc1[N+](=O)[O-]. The van der Waals surface area contributed by atoms with Crippen LogP contribution in [0.5, 0.6) is 5.88 Å². The molecule has 0 aliphatic carbocycles. The number of hydrogen-bond donors (Lipinski definition) is 1. The summed E-state index contributed by atoms with van der Waals surface area (Å²) in [5.74, 6) is 6.24. The molecule has 0 aliphatic heterocycles. The van der Waals surface area contributed by atoms with E-state index in [4.69, 9.17) is 4.74 Å². The summed E-state index contributed by atoms with van der Waals surface area (Å²) in [6, 6.07) is 1.34. The zero-order chi connectivity index (χ0) is 12.0. The number of methoxy groups -OCH3 is 1. The second kappa shape index (κ2) is 5.98. The Morgan fingerprint density at radius 2 is 2.44 bits per heavy atom. The summed E-state index contributed by atoms with van der Waals surface area (Å²) in [4.78, 5) is 14.0. The summed E-state index contributed by atoms with van der Waals surface area (Å²) in [7, 11) is 1.33. The van der Waals surface area contributed by atoms with E-state index in [0.717, 1.165) is 0 Å². The lowest BCUT2D eigenvalue weighted by molar-refractivity contribution is -0.386. The number of nitro groups is 1. The van der Waals surface area contributed by atoms with Crippen LogP contribution in [-0.4, -0.2) is 22.8 Å². The molecule has 1 heterocycles. The predicted octanol–water partition coefficient (Wildman–Crippen LogP) is 1.67. The molecule has 84 valence electrons. The van der Waals surface area contributed by atoms with E-state index in [1.165, 1.54) is 19.4 Å². The number of ether oxygens (including phenoxy) is 1. The smallest absolute Gasteiger partial charge is 0.332 e. The molecule has 0 radical (unpaired) electrons. The standard InChI is InChI=1S/C10H10N2O3S/c1-15-10-9(12(13)14)6-8(7-11-10)4-2-3-5-16/h6-7,16H,3,5H2,1H3. The van der Waals surface area contributed by atoms with Crippen LogP contribution in [0.25, 0.3) is 0 Å². The minimum Gasteiger partial charge on any atom is -0.476 e. The van der Waals surface area contributed by atoms with E-state index < -0.39 is 4.92 Å². The molecule has 0 amide bonds. The molecule has 0 aliphatic rings. The lowest BCUT2D eigenvalue weighted by Crippen LogP contribution is -1.96. The molecule has 0 saturated carbocycles. The lowest BCUT2D eigenvalue weighted by atomic mass is 10.2. The van der Waals surface area contributed by atoms with Gasteiger partial charge in [-0.05, 0) is 0 Å². The van der Waals surface area contributed by atoms with Crippen LogP contribution in [0, 0.1) is 22.0 Å². The van der Waals surface area contributed by atoms with Gasteiger partial charge in [-0.15, -0.1) is 0 Å². The fourth-order valence-corrected chi connectivity index (χ4v) is 1.13. The van der Waals surface area contributed by atoms with E-state index in [2.05, 4.69) is 29.5 Å². The zero-order valence-corrected chi connectivity index (χ0v) is 9.53. The average Bonchev–Trinajstić information content (AvgIpc) is 2.29. The van der Waals surface area contributed by atoms with Crippen molar-refractivity contribution in [2.24, 2.45) is 0 Å². The molecule has 1 aromatic heterocycles. The van der Waals surface area contributed by atoms with Crippen LogP contribution in [0.1, 0.15) is 12.0 Å². The molecule has 1 aromatic rings. The monoisotopic (exact) mass is 238 g/mol. The van der Waals surface area contributed by atoms with Crippen LogP contribution in [-0.2, 0) is 0 Å². The van der Waals surface area contributed by atoms with Crippen LogP contribution in [0.4, 0.5) is 5.69 Å². The quantitative estimate of drug-likeness (QED) is 0.376. The first kappa shape index (κ1) is 12.3. The van der Waals surface area contributed by atoms with Crippen molar-refractivity contribution < 1.29 is 9.66 Å². The number of rotatable bonds is 3. The van der Waals surface area contributed by atoms with Gasteiger partial charge in [0.1, 0.15) is 0 Å². The van der Waals surface area contributed by atoms with Gasteiger partial charge < -0.3 is 4.74 Å². The zero-order valence-electron chi connectivity index (χ0n) is 8.64. The maximum atomic E-state index is 10.7. The molecular formula is C10H10N2O3S. The normalized spacial score (nSPS) is 9.12. The van der Waals surface area contributed by atoms with Crippen LogP contribution >= 0.6 is 12.6 Å². The summed E-state index contributed by atoms with van der Waals surface area (Å²) in [6.45, 7) is 0. The summed E-state index contributed by atoms with van der Waals surface area (Å²) in [5, 5.41) is 10.7. The highest BCUT2D eigenvalue weighted by atomic mass is 32.1. The predicted molar refractivity (Wildman–Crippen MR) is 62.8 cm³/mol. The van der Waals surface area contributed by atoms with Crippen molar-refractivity contribution in [1.29, 1.82) is 0 Å². The lowest BCUT2D eigenvalue weighted by Gasteiger charge is -1.99. The fraction of sp³-hybridized carbons (Fsp3) is 0.300. The molecule has 0 unspecified atom stereocenters. The van der Waals surface area contributed by atoms with Crippen molar-refractivity contribution in [2.75, 3.05) is 12.9 Å². The van der Waals surface area contributed by atoms with Gasteiger partial charge in [0.2, 0.25) is 0 Å². The van der Waals surface area contributed by atoms with Crippen LogP contribution < -0.4 is 4.74 Å². The highest BCUT2D eigenvalue weighted by Gasteiger charge is 2.16. The highest BCUT2D eigenvalue weighted by molar-refractivity contribution is 7.80. The van der Waals surface area contributed by atoms with Crippen molar-refractivity contribution in [3.8, 4) is 17.7 Å².